The van der Waals surface area contributed by atoms with Gasteiger partial charge in [0.2, 0.25) is 0 Å². The van der Waals surface area contributed by atoms with Crippen LogP contribution in [-0.2, 0) is 13.0 Å². The van der Waals surface area contributed by atoms with Crippen LogP contribution in [0.5, 0.6) is 5.75 Å². The van der Waals surface area contributed by atoms with E-state index < -0.39 is 0 Å². The van der Waals surface area contributed by atoms with Crippen LogP contribution in [0.1, 0.15) is 29.7 Å². The number of rotatable bonds is 7. The zero-order chi connectivity index (χ0) is 22.6. The zero-order valence-corrected chi connectivity index (χ0v) is 19.3. The Hall–Kier alpha value is -3.29. The van der Waals surface area contributed by atoms with Crippen LogP contribution in [0, 0.1) is 6.92 Å². The molecule has 7 nitrogen and oxygen atoms in total. The molecule has 0 aliphatic carbocycles. The third-order valence-electron chi connectivity index (χ3n) is 5.99. The van der Waals surface area contributed by atoms with Gasteiger partial charge >= 0.3 is 0 Å². The normalized spacial score (nSPS) is 14.6. The molecule has 0 bridgehead atoms. The van der Waals surface area contributed by atoms with E-state index in [9.17, 15) is 0 Å². The molecule has 0 atom stereocenters. The SMILES string of the molecule is CCOc1cnc(C)cc1-c1ccc2nc(Cc3cc(CN4CCNCC4)ccn3)[nH]c2c1. The van der Waals surface area contributed by atoms with E-state index in [4.69, 9.17) is 9.72 Å². The second kappa shape index (κ2) is 9.68. The molecule has 3 aromatic heterocycles. The lowest BCUT2D eigenvalue weighted by molar-refractivity contribution is 0.233. The molecule has 1 aliphatic rings. The van der Waals surface area contributed by atoms with Crippen molar-refractivity contribution in [1.29, 1.82) is 0 Å². The standard InChI is InChI=1S/C26H30N6O/c1-3-33-25-16-29-18(2)12-22(25)20-4-5-23-24(14-20)31-26(30-23)15-21-13-19(6-7-28-21)17-32-10-8-27-9-11-32/h4-7,12-14,16,27H,3,8-11,15,17H2,1-2H3,(H,30,31). The van der Waals surface area contributed by atoms with E-state index in [0.29, 0.717) is 13.0 Å². The number of aromatic amines is 1. The van der Waals surface area contributed by atoms with E-state index in [1.807, 2.05) is 20.0 Å². The summed E-state index contributed by atoms with van der Waals surface area (Å²) in [6.07, 6.45) is 4.39. The van der Waals surface area contributed by atoms with Crippen molar-refractivity contribution in [1.82, 2.24) is 30.2 Å². The van der Waals surface area contributed by atoms with Gasteiger partial charge in [0.1, 0.15) is 11.6 Å². The van der Waals surface area contributed by atoms with Crippen molar-refractivity contribution >= 4 is 11.0 Å². The molecule has 0 amide bonds. The van der Waals surface area contributed by atoms with Crippen molar-refractivity contribution in [3.8, 4) is 16.9 Å². The van der Waals surface area contributed by atoms with Crippen molar-refractivity contribution < 1.29 is 4.74 Å². The van der Waals surface area contributed by atoms with Crippen molar-refractivity contribution in [2.24, 2.45) is 0 Å². The first-order valence-corrected chi connectivity index (χ1v) is 11.6. The second-order valence-electron chi connectivity index (χ2n) is 8.53. The highest BCUT2D eigenvalue weighted by Gasteiger charge is 2.13. The molecule has 1 aliphatic heterocycles. The van der Waals surface area contributed by atoms with E-state index in [1.165, 1.54) is 5.56 Å². The maximum Gasteiger partial charge on any atom is 0.145 e. The van der Waals surface area contributed by atoms with E-state index in [2.05, 4.69) is 61.6 Å². The van der Waals surface area contributed by atoms with E-state index in [-0.39, 0.29) is 0 Å². The van der Waals surface area contributed by atoms with Crippen LogP contribution in [0.4, 0.5) is 0 Å². The number of nitrogens with one attached hydrogen (secondary N) is 2. The molecule has 2 N–H and O–H groups in total. The van der Waals surface area contributed by atoms with Gasteiger partial charge in [0.15, 0.2) is 0 Å². The molecule has 0 saturated carbocycles. The minimum Gasteiger partial charge on any atom is -0.492 e. The van der Waals surface area contributed by atoms with Crippen LogP contribution in [-0.4, -0.2) is 57.6 Å². The molecular formula is C26H30N6O. The van der Waals surface area contributed by atoms with E-state index in [0.717, 1.165) is 77.8 Å². The highest BCUT2D eigenvalue weighted by molar-refractivity contribution is 5.83. The molecule has 0 radical (unpaired) electrons. The fourth-order valence-corrected chi connectivity index (χ4v) is 4.38. The molecule has 4 heterocycles. The van der Waals surface area contributed by atoms with Gasteiger partial charge in [0.05, 0.1) is 23.8 Å². The minimum atomic E-state index is 0.606. The number of H-pyrrole nitrogens is 1. The van der Waals surface area contributed by atoms with Crippen molar-refractivity contribution in [3.05, 3.63) is 71.6 Å². The first-order valence-electron chi connectivity index (χ1n) is 11.6. The predicted molar refractivity (Wildman–Crippen MR) is 130 cm³/mol. The quantitative estimate of drug-likeness (QED) is 0.454. The first-order chi connectivity index (χ1) is 16.2. The van der Waals surface area contributed by atoms with Crippen molar-refractivity contribution in [2.75, 3.05) is 32.8 Å². The number of pyridine rings is 2. The second-order valence-corrected chi connectivity index (χ2v) is 8.53. The van der Waals surface area contributed by atoms with E-state index >= 15 is 0 Å². The van der Waals surface area contributed by atoms with Gasteiger partial charge in [-0.25, -0.2) is 4.98 Å². The lowest BCUT2D eigenvalue weighted by Gasteiger charge is -2.27. The van der Waals surface area contributed by atoms with Crippen molar-refractivity contribution in [2.45, 2.75) is 26.8 Å². The summed E-state index contributed by atoms with van der Waals surface area (Å²) in [4.78, 5) is 19.8. The number of imidazole rings is 1. The first kappa shape index (κ1) is 21.6. The van der Waals surface area contributed by atoms with Gasteiger partial charge in [-0.05, 0) is 55.3 Å². The Kier molecular flexibility index (Phi) is 6.32. The number of hydrogen-bond acceptors (Lipinski definition) is 6. The zero-order valence-electron chi connectivity index (χ0n) is 19.3. The molecule has 170 valence electrons. The summed E-state index contributed by atoms with van der Waals surface area (Å²) < 4.78 is 5.80. The summed E-state index contributed by atoms with van der Waals surface area (Å²) in [5, 5.41) is 3.41. The van der Waals surface area contributed by atoms with Gasteiger partial charge in [0, 0.05) is 62.3 Å². The molecule has 4 aromatic rings. The summed E-state index contributed by atoms with van der Waals surface area (Å²) in [6.45, 7) is 9.85. The lowest BCUT2D eigenvalue weighted by atomic mass is 10.0. The van der Waals surface area contributed by atoms with Crippen LogP contribution in [0.25, 0.3) is 22.2 Å². The summed E-state index contributed by atoms with van der Waals surface area (Å²) in [5.41, 5.74) is 7.39. The number of aromatic nitrogens is 4. The smallest absolute Gasteiger partial charge is 0.145 e. The molecule has 5 rings (SSSR count). The molecule has 7 heteroatoms. The fraction of sp³-hybridized carbons (Fsp3) is 0.346. The molecule has 0 unspecified atom stereocenters. The average Bonchev–Trinajstić information content (AvgIpc) is 3.22. The third kappa shape index (κ3) is 5.05. The Morgan fingerprint density at radius 3 is 2.79 bits per heavy atom. The minimum absolute atomic E-state index is 0.606. The Morgan fingerprint density at radius 1 is 1.06 bits per heavy atom. The van der Waals surface area contributed by atoms with Crippen LogP contribution in [0.15, 0.2) is 48.8 Å². The molecular weight excluding hydrogens is 412 g/mol. The number of nitrogens with zero attached hydrogens (tertiary/aromatic N) is 4. The summed E-state index contributed by atoms with van der Waals surface area (Å²) in [7, 11) is 0. The molecule has 33 heavy (non-hydrogen) atoms. The van der Waals surface area contributed by atoms with Crippen LogP contribution >= 0.6 is 0 Å². The van der Waals surface area contributed by atoms with Gasteiger partial charge < -0.3 is 15.0 Å². The maximum absolute atomic E-state index is 5.80. The van der Waals surface area contributed by atoms with Crippen LogP contribution in [0.2, 0.25) is 0 Å². The van der Waals surface area contributed by atoms with Gasteiger partial charge in [-0.2, -0.15) is 0 Å². The number of benzene rings is 1. The van der Waals surface area contributed by atoms with Crippen molar-refractivity contribution in [3.63, 3.8) is 0 Å². The Balaban J connectivity index is 1.37. The summed E-state index contributed by atoms with van der Waals surface area (Å²) >= 11 is 0. The largest absolute Gasteiger partial charge is 0.492 e. The van der Waals surface area contributed by atoms with Crippen LogP contribution in [0.3, 0.4) is 0 Å². The van der Waals surface area contributed by atoms with Gasteiger partial charge in [-0.3, -0.25) is 14.9 Å². The molecule has 1 fully saturated rings. The fourth-order valence-electron chi connectivity index (χ4n) is 4.38. The topological polar surface area (TPSA) is 79.0 Å². The summed E-state index contributed by atoms with van der Waals surface area (Å²) in [6, 6.07) is 12.7. The Labute approximate surface area is 194 Å². The van der Waals surface area contributed by atoms with Gasteiger partial charge in [-0.15, -0.1) is 0 Å². The van der Waals surface area contributed by atoms with Gasteiger partial charge in [-0.1, -0.05) is 6.07 Å². The number of hydrogen-bond donors (Lipinski definition) is 2. The third-order valence-corrected chi connectivity index (χ3v) is 5.99. The molecule has 1 aromatic carbocycles. The number of ether oxygens (including phenoxy) is 1. The lowest BCUT2D eigenvalue weighted by Crippen LogP contribution is -2.42. The molecule has 1 saturated heterocycles. The van der Waals surface area contributed by atoms with E-state index in [1.54, 1.807) is 6.20 Å². The summed E-state index contributed by atoms with van der Waals surface area (Å²) in [5.74, 6) is 1.72. The highest BCUT2D eigenvalue weighted by atomic mass is 16.5. The molecule has 0 spiro atoms. The highest BCUT2D eigenvalue weighted by Crippen LogP contribution is 2.32. The monoisotopic (exact) mass is 442 g/mol. The Bertz CT molecular complexity index is 1240. The average molecular weight is 443 g/mol. The Morgan fingerprint density at radius 2 is 1.94 bits per heavy atom. The maximum atomic E-state index is 5.80. The van der Waals surface area contributed by atoms with Crippen LogP contribution < -0.4 is 10.1 Å². The van der Waals surface area contributed by atoms with Gasteiger partial charge in [0.25, 0.3) is 0 Å². The predicted octanol–water partition coefficient (Wildman–Crippen LogP) is 3.72. The number of fused-ring (bicyclic) bond motifs is 1. The number of aryl methyl sites for hydroxylation is 1. The number of piperazine rings is 1.